The lowest BCUT2D eigenvalue weighted by Crippen LogP contribution is -2.08. The van der Waals surface area contributed by atoms with E-state index in [4.69, 9.17) is 5.26 Å². The molecule has 0 aliphatic heterocycles. The molecule has 0 amide bonds. The topological polar surface area (TPSA) is 23.8 Å². The van der Waals surface area contributed by atoms with E-state index in [1.807, 2.05) is 0 Å². The van der Waals surface area contributed by atoms with Gasteiger partial charge < -0.3 is 0 Å². The molecule has 0 aliphatic carbocycles. The van der Waals surface area contributed by atoms with Gasteiger partial charge in [-0.15, -0.1) is 0 Å². The molecule has 1 nitrogen and oxygen atoms in total. The van der Waals surface area contributed by atoms with Crippen LogP contribution in [0.4, 0.5) is 13.2 Å². The number of alkyl halides is 4. The predicted octanol–water partition coefficient (Wildman–Crippen LogP) is 4.03. The molecule has 0 radical (unpaired) electrons. The first-order valence-corrected chi connectivity index (χ1v) is 5.03. The van der Waals surface area contributed by atoms with Crippen LogP contribution in [0, 0.1) is 11.3 Å². The van der Waals surface area contributed by atoms with Crippen LogP contribution in [-0.4, -0.2) is 0 Å². The van der Waals surface area contributed by atoms with Crippen LogP contribution in [0.1, 0.15) is 28.4 Å². The molecule has 0 bridgehead atoms. The van der Waals surface area contributed by atoms with Crippen LogP contribution < -0.4 is 0 Å². The van der Waals surface area contributed by atoms with Crippen molar-refractivity contribution >= 4 is 15.9 Å². The second-order valence-corrected chi connectivity index (χ2v) is 4.40. The molecular weight excluding hydrogens is 271 g/mol. The van der Waals surface area contributed by atoms with Crippen molar-refractivity contribution in [2.24, 2.45) is 0 Å². The molecule has 1 rings (SSSR count). The number of rotatable bonds is 1. The zero-order valence-corrected chi connectivity index (χ0v) is 9.35. The smallest absolute Gasteiger partial charge is 0.192 e. The van der Waals surface area contributed by atoms with Gasteiger partial charge in [0.05, 0.1) is 17.2 Å². The molecule has 0 aliphatic rings. The third-order valence-corrected chi connectivity index (χ3v) is 2.46. The van der Waals surface area contributed by atoms with E-state index in [1.54, 1.807) is 6.92 Å². The van der Waals surface area contributed by atoms with Crippen LogP contribution in [0.25, 0.3) is 0 Å². The Balaban J connectivity index is 3.34. The van der Waals surface area contributed by atoms with Crippen molar-refractivity contribution in [2.45, 2.75) is 17.9 Å². The molecule has 0 spiro atoms. The number of benzene rings is 1. The summed E-state index contributed by atoms with van der Waals surface area (Å²) in [6.45, 7) is 1.72. The van der Waals surface area contributed by atoms with Gasteiger partial charge in [-0.1, -0.05) is 22.0 Å². The highest BCUT2D eigenvalue weighted by Crippen LogP contribution is 2.34. The van der Waals surface area contributed by atoms with Gasteiger partial charge in [0.15, 0.2) is 0 Å². The molecule has 0 saturated carbocycles. The lowest BCUT2D eigenvalue weighted by Gasteiger charge is -2.11. The van der Waals surface area contributed by atoms with Crippen molar-refractivity contribution in [3.05, 3.63) is 34.9 Å². The average molecular weight is 278 g/mol. The van der Waals surface area contributed by atoms with Crippen LogP contribution in [0.5, 0.6) is 0 Å². The first kappa shape index (κ1) is 12.1. The highest BCUT2D eigenvalue weighted by atomic mass is 79.9. The van der Waals surface area contributed by atoms with Gasteiger partial charge in [-0.25, -0.2) is 0 Å². The van der Waals surface area contributed by atoms with Crippen LogP contribution >= 0.6 is 15.9 Å². The predicted molar refractivity (Wildman–Crippen MR) is 53.5 cm³/mol. The van der Waals surface area contributed by atoms with Crippen LogP contribution in [-0.2, 0) is 6.18 Å². The maximum Gasteiger partial charge on any atom is 0.417 e. The summed E-state index contributed by atoms with van der Waals surface area (Å²) in [6, 6.07) is 5.23. The summed E-state index contributed by atoms with van der Waals surface area (Å²) in [5, 5.41) is 8.55. The first-order chi connectivity index (χ1) is 6.86. The maximum absolute atomic E-state index is 12.5. The molecular formula is C10H7BrF3N. The van der Waals surface area contributed by atoms with Gasteiger partial charge in [0.1, 0.15) is 0 Å². The Bertz CT molecular complexity index is 404. The van der Waals surface area contributed by atoms with E-state index < -0.39 is 11.7 Å². The minimum atomic E-state index is -4.48. The minimum absolute atomic E-state index is 0.175. The standard InChI is InChI=1S/C10H7BrF3N/c1-6(11)7-2-3-8(5-15)9(4-7)10(12,13)14/h2-4,6H,1H3. The molecule has 1 atom stereocenters. The summed E-state index contributed by atoms with van der Waals surface area (Å²) in [6.07, 6.45) is -4.48. The van der Waals surface area contributed by atoms with Gasteiger partial charge in [0.2, 0.25) is 0 Å². The fourth-order valence-corrected chi connectivity index (χ4v) is 1.43. The average Bonchev–Trinajstić information content (AvgIpc) is 2.15. The van der Waals surface area contributed by atoms with E-state index in [9.17, 15) is 13.2 Å². The van der Waals surface area contributed by atoms with E-state index in [0.29, 0.717) is 5.56 Å². The third-order valence-electron chi connectivity index (χ3n) is 1.93. The van der Waals surface area contributed by atoms with Crippen LogP contribution in [0.2, 0.25) is 0 Å². The highest BCUT2D eigenvalue weighted by Gasteiger charge is 2.33. The van der Waals surface area contributed by atoms with E-state index in [2.05, 4.69) is 15.9 Å². The van der Waals surface area contributed by atoms with E-state index >= 15 is 0 Å². The molecule has 0 fully saturated rings. The molecule has 1 aromatic carbocycles. The normalized spacial score (nSPS) is 13.3. The van der Waals surface area contributed by atoms with Crippen LogP contribution in [0.3, 0.4) is 0 Å². The van der Waals surface area contributed by atoms with Gasteiger partial charge in [0.25, 0.3) is 0 Å². The zero-order chi connectivity index (χ0) is 11.6. The molecule has 0 saturated heterocycles. The number of hydrogen-bond donors (Lipinski definition) is 0. The molecule has 0 N–H and O–H groups in total. The van der Waals surface area contributed by atoms with Crippen molar-refractivity contribution < 1.29 is 13.2 Å². The molecule has 5 heteroatoms. The summed E-state index contributed by atoms with van der Waals surface area (Å²) in [7, 11) is 0. The molecule has 0 heterocycles. The first-order valence-electron chi connectivity index (χ1n) is 4.11. The van der Waals surface area contributed by atoms with E-state index in [0.717, 1.165) is 6.07 Å². The monoisotopic (exact) mass is 277 g/mol. The molecule has 0 aromatic heterocycles. The summed E-state index contributed by atoms with van der Waals surface area (Å²) < 4.78 is 37.5. The summed E-state index contributed by atoms with van der Waals surface area (Å²) in [5.74, 6) is 0. The Kier molecular flexibility index (Phi) is 3.40. The SMILES string of the molecule is CC(Br)c1ccc(C#N)c(C(F)(F)F)c1. The Labute approximate surface area is 93.6 Å². The fourth-order valence-electron chi connectivity index (χ4n) is 1.14. The molecule has 80 valence electrons. The summed E-state index contributed by atoms with van der Waals surface area (Å²) >= 11 is 3.18. The minimum Gasteiger partial charge on any atom is -0.192 e. The largest absolute Gasteiger partial charge is 0.417 e. The van der Waals surface area contributed by atoms with Gasteiger partial charge >= 0.3 is 6.18 Å². The zero-order valence-electron chi connectivity index (χ0n) is 7.77. The lowest BCUT2D eigenvalue weighted by atomic mass is 10.0. The Morgan fingerprint density at radius 1 is 1.40 bits per heavy atom. The van der Waals surface area contributed by atoms with Gasteiger partial charge in [0, 0.05) is 4.83 Å². The van der Waals surface area contributed by atoms with Gasteiger partial charge in [-0.3, -0.25) is 0 Å². The third kappa shape index (κ3) is 2.72. The Morgan fingerprint density at radius 2 is 2.00 bits per heavy atom. The van der Waals surface area contributed by atoms with Gasteiger partial charge in [-0.2, -0.15) is 18.4 Å². The quantitative estimate of drug-likeness (QED) is 0.711. The second-order valence-electron chi connectivity index (χ2n) is 3.03. The van der Waals surface area contributed by atoms with Gasteiger partial charge in [-0.05, 0) is 24.6 Å². The number of nitrogens with zero attached hydrogens (tertiary/aromatic N) is 1. The molecule has 1 aromatic rings. The Hall–Kier alpha value is -1.02. The van der Waals surface area contributed by atoms with E-state index in [-0.39, 0.29) is 10.4 Å². The van der Waals surface area contributed by atoms with Crippen molar-refractivity contribution in [3.63, 3.8) is 0 Å². The number of nitriles is 1. The molecule has 1 unspecified atom stereocenters. The van der Waals surface area contributed by atoms with Crippen molar-refractivity contribution in [3.8, 4) is 6.07 Å². The van der Waals surface area contributed by atoms with Crippen molar-refractivity contribution in [1.29, 1.82) is 5.26 Å². The van der Waals surface area contributed by atoms with E-state index in [1.165, 1.54) is 18.2 Å². The highest BCUT2D eigenvalue weighted by molar-refractivity contribution is 9.09. The van der Waals surface area contributed by atoms with Crippen molar-refractivity contribution in [2.75, 3.05) is 0 Å². The second kappa shape index (κ2) is 4.23. The number of hydrogen-bond acceptors (Lipinski definition) is 1. The van der Waals surface area contributed by atoms with Crippen molar-refractivity contribution in [1.82, 2.24) is 0 Å². The fraction of sp³-hybridized carbons (Fsp3) is 0.300. The summed E-state index contributed by atoms with van der Waals surface area (Å²) in [5.41, 5.74) is -0.727. The van der Waals surface area contributed by atoms with Crippen LogP contribution in [0.15, 0.2) is 18.2 Å². The summed E-state index contributed by atoms with van der Waals surface area (Å²) in [4.78, 5) is -0.175. The lowest BCUT2D eigenvalue weighted by molar-refractivity contribution is -0.137. The molecule has 15 heavy (non-hydrogen) atoms. The Morgan fingerprint density at radius 3 is 2.40 bits per heavy atom. The number of halogens is 4. The maximum atomic E-state index is 12.5.